The van der Waals surface area contributed by atoms with Crippen molar-refractivity contribution in [3.63, 3.8) is 0 Å². The largest absolute Gasteiger partial charge is 0.419 e. The third-order valence-corrected chi connectivity index (χ3v) is 4.77. The van der Waals surface area contributed by atoms with E-state index in [1.54, 1.807) is 0 Å². The fourth-order valence-electron chi connectivity index (χ4n) is 3.52. The van der Waals surface area contributed by atoms with Gasteiger partial charge in [-0.15, -0.1) is 0 Å². The highest BCUT2D eigenvalue weighted by Gasteiger charge is 2.27. The molecule has 0 radical (unpaired) electrons. The third-order valence-electron chi connectivity index (χ3n) is 4.77. The number of likely N-dealkylation sites (N-methyl/N-ethyl adjacent to an activating group) is 1. The smallest absolute Gasteiger partial charge is 0.407 e. The monoisotopic (exact) mass is 362 g/mol. The Kier molecular flexibility index (Phi) is 5.36. The van der Waals surface area contributed by atoms with E-state index in [9.17, 15) is 19.7 Å². The second-order valence-corrected chi connectivity index (χ2v) is 6.47. The molecule has 9 heteroatoms. The van der Waals surface area contributed by atoms with Gasteiger partial charge in [0.1, 0.15) is 0 Å². The van der Waals surface area contributed by atoms with Crippen LogP contribution in [0.4, 0.5) is 5.69 Å². The summed E-state index contributed by atoms with van der Waals surface area (Å²) in [5, 5.41) is 13.9. The van der Waals surface area contributed by atoms with E-state index in [1.165, 1.54) is 22.8 Å². The number of non-ortho nitro benzene ring substituents is 1. The number of aromatic nitrogens is 1. The number of oxazole rings is 1. The van der Waals surface area contributed by atoms with Gasteiger partial charge in [0.15, 0.2) is 5.58 Å². The van der Waals surface area contributed by atoms with E-state index in [0.29, 0.717) is 24.9 Å². The molecule has 2 heterocycles. The predicted molar refractivity (Wildman–Crippen MR) is 95.0 cm³/mol. The van der Waals surface area contributed by atoms with Gasteiger partial charge in [0.05, 0.1) is 16.5 Å². The summed E-state index contributed by atoms with van der Waals surface area (Å²) in [4.78, 5) is 36.6. The van der Waals surface area contributed by atoms with E-state index in [1.807, 2.05) is 11.9 Å². The number of amides is 1. The molecule has 3 rings (SSSR count). The molecule has 1 saturated heterocycles. The highest BCUT2D eigenvalue weighted by Crippen LogP contribution is 2.21. The zero-order valence-electron chi connectivity index (χ0n) is 14.6. The van der Waals surface area contributed by atoms with Crippen LogP contribution in [0.15, 0.2) is 27.4 Å². The molecule has 2 aromatic rings. The molecule has 1 atom stereocenters. The number of rotatable bonds is 7. The first-order valence-electron chi connectivity index (χ1n) is 8.73. The molecule has 140 valence electrons. The van der Waals surface area contributed by atoms with Gasteiger partial charge >= 0.3 is 5.76 Å². The van der Waals surface area contributed by atoms with Crippen molar-refractivity contribution < 1.29 is 14.1 Å². The van der Waals surface area contributed by atoms with Crippen molar-refractivity contribution in [1.29, 1.82) is 0 Å². The van der Waals surface area contributed by atoms with Gasteiger partial charge < -0.3 is 14.6 Å². The van der Waals surface area contributed by atoms with Crippen LogP contribution >= 0.6 is 0 Å². The van der Waals surface area contributed by atoms with Crippen LogP contribution in [-0.2, 0) is 11.3 Å². The number of nitro groups is 1. The molecule has 1 N–H and O–H groups in total. The summed E-state index contributed by atoms with van der Waals surface area (Å²) in [5.41, 5.74) is 0.560. The third kappa shape index (κ3) is 3.62. The number of likely N-dealkylation sites (tertiary alicyclic amines) is 1. The minimum absolute atomic E-state index is 0.0965. The lowest BCUT2D eigenvalue weighted by atomic mass is 10.2. The van der Waals surface area contributed by atoms with E-state index in [4.69, 9.17) is 4.42 Å². The Morgan fingerprint density at radius 1 is 1.46 bits per heavy atom. The zero-order chi connectivity index (χ0) is 18.7. The Hall–Kier alpha value is -2.68. The fourth-order valence-corrected chi connectivity index (χ4v) is 3.52. The van der Waals surface area contributed by atoms with Crippen LogP contribution in [0, 0.1) is 10.1 Å². The molecule has 0 aliphatic carbocycles. The Morgan fingerprint density at radius 2 is 2.27 bits per heavy atom. The van der Waals surface area contributed by atoms with E-state index in [2.05, 4.69) is 5.32 Å². The van der Waals surface area contributed by atoms with Gasteiger partial charge in [-0.05, 0) is 32.4 Å². The maximum Gasteiger partial charge on any atom is 0.419 e. The molecule has 1 unspecified atom stereocenters. The number of fused-ring (bicyclic) bond motifs is 1. The first kappa shape index (κ1) is 18.1. The van der Waals surface area contributed by atoms with Crippen LogP contribution in [0.2, 0.25) is 0 Å². The van der Waals surface area contributed by atoms with Crippen molar-refractivity contribution in [1.82, 2.24) is 14.8 Å². The quantitative estimate of drug-likeness (QED) is 0.590. The normalized spacial score (nSPS) is 17.1. The van der Waals surface area contributed by atoms with Crippen LogP contribution in [0.1, 0.15) is 25.7 Å². The topological polar surface area (TPSA) is 111 Å². The van der Waals surface area contributed by atoms with Crippen LogP contribution in [0.25, 0.3) is 11.1 Å². The number of nitro benzene ring substituents is 1. The predicted octanol–water partition coefficient (Wildman–Crippen LogP) is 1.49. The van der Waals surface area contributed by atoms with E-state index in [-0.39, 0.29) is 23.2 Å². The molecule has 9 nitrogen and oxygen atoms in total. The average Bonchev–Trinajstić information content (AvgIpc) is 3.19. The maximum atomic E-state index is 12.4. The maximum absolute atomic E-state index is 12.4. The minimum atomic E-state index is -0.567. The molecule has 1 aromatic heterocycles. The standard InChI is InChI=1S/C17H22N4O5/c1-18-11-13-4-2-8-19(13)16(22)5-3-9-20-14-7-6-12(21(24)25)10-15(14)26-17(20)23/h6-7,10,13,18H,2-5,8-9,11H2,1H3. The van der Waals surface area contributed by atoms with Crippen LogP contribution in [0.3, 0.4) is 0 Å². The number of nitrogens with zero attached hydrogens (tertiary/aromatic N) is 3. The van der Waals surface area contributed by atoms with Crippen molar-refractivity contribution in [3.8, 4) is 0 Å². The molecule has 26 heavy (non-hydrogen) atoms. The Morgan fingerprint density at radius 3 is 3.00 bits per heavy atom. The zero-order valence-corrected chi connectivity index (χ0v) is 14.6. The molecule has 1 aliphatic heterocycles. The van der Waals surface area contributed by atoms with Gasteiger partial charge in [0, 0.05) is 38.2 Å². The molecule has 0 bridgehead atoms. The van der Waals surface area contributed by atoms with Gasteiger partial charge in [-0.2, -0.15) is 0 Å². The lowest BCUT2D eigenvalue weighted by Crippen LogP contribution is -2.40. The Balaban J connectivity index is 1.65. The number of aryl methyl sites for hydroxylation is 1. The van der Waals surface area contributed by atoms with Gasteiger partial charge in [0.25, 0.3) is 5.69 Å². The first-order chi connectivity index (χ1) is 12.5. The summed E-state index contributed by atoms with van der Waals surface area (Å²) in [5.74, 6) is -0.471. The van der Waals surface area contributed by atoms with Crippen LogP contribution in [0.5, 0.6) is 0 Å². The summed E-state index contributed by atoms with van der Waals surface area (Å²) in [6.45, 7) is 1.90. The molecule has 1 aromatic carbocycles. The fraction of sp³-hybridized carbons (Fsp3) is 0.529. The van der Waals surface area contributed by atoms with E-state index < -0.39 is 10.7 Å². The second kappa shape index (κ2) is 7.69. The summed E-state index contributed by atoms with van der Waals surface area (Å²) in [6, 6.07) is 4.32. The van der Waals surface area contributed by atoms with Gasteiger partial charge in [-0.3, -0.25) is 19.5 Å². The highest BCUT2D eigenvalue weighted by atomic mass is 16.6. The van der Waals surface area contributed by atoms with Gasteiger partial charge in [0.2, 0.25) is 5.91 Å². The van der Waals surface area contributed by atoms with Gasteiger partial charge in [-0.1, -0.05) is 0 Å². The average molecular weight is 362 g/mol. The molecule has 1 amide bonds. The molecular weight excluding hydrogens is 340 g/mol. The molecular formula is C17H22N4O5. The van der Waals surface area contributed by atoms with Crippen molar-refractivity contribution in [3.05, 3.63) is 38.9 Å². The molecule has 1 aliphatic rings. The SMILES string of the molecule is CNCC1CCCN1C(=O)CCCn1c(=O)oc2cc([N+](=O)[O-])ccc21. The minimum Gasteiger partial charge on any atom is -0.407 e. The summed E-state index contributed by atoms with van der Waals surface area (Å²) in [7, 11) is 1.88. The number of hydrogen-bond acceptors (Lipinski definition) is 6. The highest BCUT2D eigenvalue weighted by molar-refractivity contribution is 5.77. The number of carbonyl (C=O) groups is 1. The second-order valence-electron chi connectivity index (χ2n) is 6.47. The van der Waals surface area contributed by atoms with Crippen molar-refractivity contribution in [2.45, 2.75) is 38.3 Å². The number of benzene rings is 1. The van der Waals surface area contributed by atoms with E-state index in [0.717, 1.165) is 25.9 Å². The van der Waals surface area contributed by atoms with Gasteiger partial charge in [-0.25, -0.2) is 4.79 Å². The molecule has 0 spiro atoms. The van der Waals surface area contributed by atoms with Crippen molar-refractivity contribution in [2.75, 3.05) is 20.1 Å². The first-order valence-corrected chi connectivity index (χ1v) is 8.73. The van der Waals surface area contributed by atoms with Crippen molar-refractivity contribution >= 4 is 22.7 Å². The van der Waals surface area contributed by atoms with Crippen LogP contribution in [-0.4, -0.2) is 46.5 Å². The lowest BCUT2D eigenvalue weighted by Gasteiger charge is -2.24. The number of nitrogens with one attached hydrogen (secondary N) is 1. The summed E-state index contributed by atoms with van der Waals surface area (Å²) < 4.78 is 6.51. The lowest BCUT2D eigenvalue weighted by molar-refractivity contribution is -0.384. The number of hydrogen-bond donors (Lipinski definition) is 1. The Bertz CT molecular complexity index is 872. The summed E-state index contributed by atoms with van der Waals surface area (Å²) >= 11 is 0. The Labute approximate surface area is 149 Å². The van der Waals surface area contributed by atoms with E-state index >= 15 is 0 Å². The van der Waals surface area contributed by atoms with Crippen molar-refractivity contribution in [2.24, 2.45) is 0 Å². The van der Waals surface area contributed by atoms with Crippen LogP contribution < -0.4 is 11.1 Å². The summed E-state index contributed by atoms with van der Waals surface area (Å²) in [6.07, 6.45) is 2.89. The molecule has 1 fully saturated rings. The number of carbonyl (C=O) groups excluding carboxylic acids is 1. The molecule has 0 saturated carbocycles.